The first kappa shape index (κ1) is 16.1. The number of rotatable bonds is 4. The Kier molecular flexibility index (Phi) is 5.07. The zero-order valence-corrected chi connectivity index (χ0v) is 14.2. The van der Waals surface area contributed by atoms with E-state index >= 15 is 0 Å². The molecular formula is C16H21N3O3S. The molecule has 23 heavy (non-hydrogen) atoms. The quantitative estimate of drug-likeness (QED) is 0.855. The summed E-state index contributed by atoms with van der Waals surface area (Å²) >= 11 is 1.91. The van der Waals surface area contributed by atoms with E-state index in [-0.39, 0.29) is 11.9 Å². The van der Waals surface area contributed by atoms with Crippen molar-refractivity contribution < 1.29 is 13.7 Å². The summed E-state index contributed by atoms with van der Waals surface area (Å²) in [6.07, 6.45) is 2.57. The average Bonchev–Trinajstić information content (AvgIpc) is 3.15. The van der Waals surface area contributed by atoms with Crippen LogP contribution in [0.2, 0.25) is 0 Å². The van der Waals surface area contributed by atoms with E-state index in [1.165, 1.54) is 0 Å². The molecule has 6 nitrogen and oxygen atoms in total. The molecule has 1 atom stereocenters. The van der Waals surface area contributed by atoms with E-state index in [0.29, 0.717) is 17.2 Å². The van der Waals surface area contributed by atoms with Crippen LogP contribution in [0.25, 0.3) is 11.5 Å². The molecular weight excluding hydrogens is 314 g/mol. The number of carbonyl (C=O) groups excluding carboxylic acids is 1. The van der Waals surface area contributed by atoms with Gasteiger partial charge in [0.1, 0.15) is 0 Å². The number of likely N-dealkylation sites (N-methyl/N-ethyl adjacent to an activating group) is 1. The third kappa shape index (κ3) is 3.79. The normalized spacial score (nSPS) is 19.1. The minimum absolute atomic E-state index is 0.0686. The summed E-state index contributed by atoms with van der Waals surface area (Å²) in [6, 6.07) is 5.41. The van der Waals surface area contributed by atoms with Crippen molar-refractivity contribution in [3.8, 4) is 11.5 Å². The number of furan rings is 1. The number of hydrogen-bond acceptors (Lipinski definition) is 6. The van der Waals surface area contributed by atoms with Gasteiger partial charge in [-0.1, -0.05) is 5.16 Å². The molecule has 0 radical (unpaired) electrons. The molecule has 0 N–H and O–H groups in total. The predicted molar refractivity (Wildman–Crippen MR) is 89.5 cm³/mol. The summed E-state index contributed by atoms with van der Waals surface area (Å²) in [5, 5.41) is 3.94. The number of thioether (sulfide) groups is 1. The van der Waals surface area contributed by atoms with Crippen LogP contribution in [-0.4, -0.2) is 65.6 Å². The first-order valence-electron chi connectivity index (χ1n) is 7.69. The molecule has 1 saturated heterocycles. The van der Waals surface area contributed by atoms with Gasteiger partial charge in [0.25, 0.3) is 5.91 Å². The fourth-order valence-corrected chi connectivity index (χ4v) is 3.78. The maximum atomic E-state index is 12.9. The van der Waals surface area contributed by atoms with Gasteiger partial charge in [-0.25, -0.2) is 0 Å². The monoisotopic (exact) mass is 335 g/mol. The Morgan fingerprint density at radius 2 is 2.35 bits per heavy atom. The van der Waals surface area contributed by atoms with Crippen molar-refractivity contribution in [2.24, 2.45) is 0 Å². The van der Waals surface area contributed by atoms with Crippen molar-refractivity contribution in [2.45, 2.75) is 12.5 Å². The first-order valence-corrected chi connectivity index (χ1v) is 8.84. The van der Waals surface area contributed by atoms with E-state index in [0.717, 1.165) is 31.0 Å². The van der Waals surface area contributed by atoms with E-state index in [4.69, 9.17) is 8.94 Å². The molecule has 1 fully saturated rings. The van der Waals surface area contributed by atoms with Crippen LogP contribution in [0.3, 0.4) is 0 Å². The highest BCUT2D eigenvalue weighted by atomic mass is 32.2. The van der Waals surface area contributed by atoms with E-state index in [1.807, 2.05) is 30.8 Å². The zero-order chi connectivity index (χ0) is 16.2. The molecule has 7 heteroatoms. The minimum Gasteiger partial charge on any atom is -0.461 e. The van der Waals surface area contributed by atoms with Crippen LogP contribution in [0.15, 0.2) is 33.4 Å². The molecule has 0 spiro atoms. The lowest BCUT2D eigenvalue weighted by Gasteiger charge is -2.31. The highest BCUT2D eigenvalue weighted by Gasteiger charge is 2.29. The van der Waals surface area contributed by atoms with Gasteiger partial charge in [-0.15, -0.1) is 0 Å². The second-order valence-corrected chi connectivity index (χ2v) is 7.05. The second kappa shape index (κ2) is 7.23. The van der Waals surface area contributed by atoms with Crippen LogP contribution in [0, 0.1) is 0 Å². The van der Waals surface area contributed by atoms with Crippen LogP contribution in [0.4, 0.5) is 0 Å². The Balaban J connectivity index is 1.79. The summed E-state index contributed by atoms with van der Waals surface area (Å²) in [7, 11) is 4.06. The number of amides is 1. The summed E-state index contributed by atoms with van der Waals surface area (Å²) in [4.78, 5) is 16.9. The zero-order valence-electron chi connectivity index (χ0n) is 13.4. The van der Waals surface area contributed by atoms with Gasteiger partial charge in [-0.05, 0) is 38.4 Å². The van der Waals surface area contributed by atoms with Crippen molar-refractivity contribution in [1.82, 2.24) is 15.0 Å². The van der Waals surface area contributed by atoms with E-state index < -0.39 is 0 Å². The van der Waals surface area contributed by atoms with Crippen LogP contribution in [0.1, 0.15) is 16.9 Å². The molecule has 0 aromatic carbocycles. The lowest BCUT2D eigenvalue weighted by molar-refractivity contribution is 0.0665. The molecule has 0 aliphatic carbocycles. The Bertz CT molecular complexity index is 639. The molecule has 124 valence electrons. The third-order valence-electron chi connectivity index (χ3n) is 3.77. The maximum Gasteiger partial charge on any atom is 0.276 e. The van der Waals surface area contributed by atoms with E-state index in [2.05, 4.69) is 10.1 Å². The second-order valence-electron chi connectivity index (χ2n) is 5.90. The Morgan fingerprint density at radius 1 is 1.48 bits per heavy atom. The summed E-state index contributed by atoms with van der Waals surface area (Å²) in [5.74, 6) is 3.03. The lowest BCUT2D eigenvalue weighted by Crippen LogP contribution is -2.46. The molecule has 0 bridgehead atoms. The molecule has 2 aromatic rings. The van der Waals surface area contributed by atoms with Crippen molar-refractivity contribution in [3.63, 3.8) is 0 Å². The van der Waals surface area contributed by atoms with Gasteiger partial charge in [0.05, 0.1) is 12.3 Å². The Hall–Kier alpha value is -1.73. The maximum absolute atomic E-state index is 12.9. The number of hydrogen-bond donors (Lipinski definition) is 0. The van der Waals surface area contributed by atoms with E-state index in [9.17, 15) is 4.79 Å². The molecule has 3 rings (SSSR count). The standard InChI is InChI=1S/C16H21N3O3S/c1-18(2)10-12-11-23-8-4-6-19(12)16(20)13-9-15(22-17-13)14-5-3-7-21-14/h3,5,7,9,12H,4,6,8,10-11H2,1-2H3/t12-/m1/s1. The fraction of sp³-hybridized carbons (Fsp3) is 0.500. The van der Waals surface area contributed by atoms with Crippen LogP contribution >= 0.6 is 11.8 Å². The molecule has 3 heterocycles. The average molecular weight is 335 g/mol. The summed E-state index contributed by atoms with van der Waals surface area (Å²) < 4.78 is 10.5. The van der Waals surface area contributed by atoms with Crippen molar-refractivity contribution in [3.05, 3.63) is 30.2 Å². The van der Waals surface area contributed by atoms with Crippen LogP contribution < -0.4 is 0 Å². The summed E-state index contributed by atoms with van der Waals surface area (Å²) in [6.45, 7) is 1.61. The molecule has 1 amide bonds. The van der Waals surface area contributed by atoms with Crippen molar-refractivity contribution in [2.75, 3.05) is 38.7 Å². The lowest BCUT2D eigenvalue weighted by atomic mass is 10.2. The van der Waals surface area contributed by atoms with Gasteiger partial charge in [0.2, 0.25) is 5.76 Å². The Labute approximate surface area is 139 Å². The van der Waals surface area contributed by atoms with Crippen LogP contribution in [-0.2, 0) is 0 Å². The topological polar surface area (TPSA) is 62.7 Å². The highest BCUT2D eigenvalue weighted by Crippen LogP contribution is 2.23. The molecule has 0 unspecified atom stereocenters. The van der Waals surface area contributed by atoms with E-state index in [1.54, 1.807) is 24.5 Å². The van der Waals surface area contributed by atoms with Gasteiger partial charge in [-0.3, -0.25) is 4.79 Å². The first-order chi connectivity index (χ1) is 11.1. The van der Waals surface area contributed by atoms with Gasteiger partial charge < -0.3 is 18.7 Å². The Morgan fingerprint density at radius 3 is 3.09 bits per heavy atom. The van der Waals surface area contributed by atoms with Gasteiger partial charge in [-0.2, -0.15) is 11.8 Å². The molecule has 2 aromatic heterocycles. The third-order valence-corrected chi connectivity index (χ3v) is 4.97. The predicted octanol–water partition coefficient (Wildman–Crippen LogP) is 2.44. The number of carbonyl (C=O) groups is 1. The number of nitrogens with zero attached hydrogens (tertiary/aromatic N) is 3. The minimum atomic E-state index is -0.0686. The van der Waals surface area contributed by atoms with Crippen molar-refractivity contribution >= 4 is 17.7 Å². The largest absolute Gasteiger partial charge is 0.461 e. The summed E-state index contributed by atoms with van der Waals surface area (Å²) in [5.41, 5.74) is 0.340. The van der Waals surface area contributed by atoms with Crippen LogP contribution in [0.5, 0.6) is 0 Å². The van der Waals surface area contributed by atoms with Crippen molar-refractivity contribution in [1.29, 1.82) is 0 Å². The van der Waals surface area contributed by atoms with Gasteiger partial charge >= 0.3 is 0 Å². The SMILES string of the molecule is CN(C)C[C@@H]1CSCCCN1C(=O)c1cc(-c2ccco2)on1. The number of aromatic nitrogens is 1. The smallest absolute Gasteiger partial charge is 0.276 e. The fourth-order valence-electron chi connectivity index (χ4n) is 2.73. The highest BCUT2D eigenvalue weighted by molar-refractivity contribution is 7.99. The van der Waals surface area contributed by atoms with Gasteiger partial charge in [0.15, 0.2) is 11.5 Å². The van der Waals surface area contributed by atoms with Gasteiger partial charge in [0, 0.05) is 24.9 Å². The molecule has 0 saturated carbocycles. The molecule has 1 aliphatic rings. The molecule has 1 aliphatic heterocycles.